The fraction of sp³-hybridized carbons (Fsp3) is 0.200. The highest BCUT2D eigenvalue weighted by Crippen LogP contribution is 2.35. The van der Waals surface area contributed by atoms with E-state index in [9.17, 15) is 14.7 Å². The number of carbonyl (C=O) groups excluding carboxylic acids is 1. The molecule has 6 nitrogen and oxygen atoms in total. The first-order chi connectivity index (χ1) is 12.4. The van der Waals surface area contributed by atoms with Crippen molar-refractivity contribution in [3.05, 3.63) is 46.6 Å². The molecule has 4 aromatic rings. The van der Waals surface area contributed by atoms with Gasteiger partial charge in [0.05, 0.1) is 17.7 Å². The van der Waals surface area contributed by atoms with Crippen molar-refractivity contribution in [2.45, 2.75) is 20.8 Å². The largest absolute Gasteiger partial charge is 0.478 e. The van der Waals surface area contributed by atoms with Crippen molar-refractivity contribution < 1.29 is 19.4 Å². The van der Waals surface area contributed by atoms with Crippen molar-refractivity contribution in [1.82, 2.24) is 9.97 Å². The quantitative estimate of drug-likeness (QED) is 0.480. The van der Waals surface area contributed by atoms with Gasteiger partial charge in [0, 0.05) is 27.2 Å². The zero-order valence-electron chi connectivity index (χ0n) is 14.7. The van der Waals surface area contributed by atoms with Crippen LogP contribution in [0.5, 0.6) is 0 Å². The van der Waals surface area contributed by atoms with E-state index < -0.39 is 5.97 Å². The van der Waals surface area contributed by atoms with Crippen molar-refractivity contribution in [2.75, 3.05) is 6.61 Å². The highest BCUT2D eigenvalue weighted by atomic mass is 16.5. The van der Waals surface area contributed by atoms with Gasteiger partial charge in [-0.3, -0.25) is 0 Å². The van der Waals surface area contributed by atoms with E-state index >= 15 is 0 Å². The number of aromatic nitrogens is 2. The maximum absolute atomic E-state index is 12.2. The van der Waals surface area contributed by atoms with Gasteiger partial charge >= 0.3 is 11.9 Å². The number of hydrogen-bond donors (Lipinski definition) is 3. The molecule has 2 heterocycles. The molecule has 0 saturated heterocycles. The van der Waals surface area contributed by atoms with Crippen LogP contribution in [0.15, 0.2) is 24.3 Å². The average Bonchev–Trinajstić information content (AvgIpc) is 3.13. The van der Waals surface area contributed by atoms with Gasteiger partial charge in [-0.05, 0) is 56.2 Å². The fourth-order valence-corrected chi connectivity index (χ4v) is 3.68. The molecular formula is C20H18N2O4. The minimum absolute atomic E-state index is 0.242. The van der Waals surface area contributed by atoms with Crippen molar-refractivity contribution in [3.8, 4) is 0 Å². The fourth-order valence-electron chi connectivity index (χ4n) is 3.68. The van der Waals surface area contributed by atoms with Crippen LogP contribution in [-0.2, 0) is 4.74 Å². The first kappa shape index (κ1) is 16.2. The molecule has 0 aliphatic rings. The molecule has 3 N–H and O–H groups in total. The Balaban J connectivity index is 2.06. The lowest BCUT2D eigenvalue weighted by molar-refractivity contribution is 0.0519. The molecule has 0 unspecified atom stereocenters. The average molecular weight is 350 g/mol. The molecule has 132 valence electrons. The summed E-state index contributed by atoms with van der Waals surface area (Å²) in [5.41, 5.74) is 5.20. The van der Waals surface area contributed by atoms with Gasteiger partial charge in [-0.1, -0.05) is 0 Å². The lowest BCUT2D eigenvalue weighted by atomic mass is 10.0. The molecule has 0 spiro atoms. The van der Waals surface area contributed by atoms with Gasteiger partial charge in [0.15, 0.2) is 0 Å². The molecule has 2 aromatic heterocycles. The van der Waals surface area contributed by atoms with Gasteiger partial charge in [-0.25, -0.2) is 9.59 Å². The Morgan fingerprint density at radius 3 is 2.50 bits per heavy atom. The Morgan fingerprint density at radius 1 is 1.04 bits per heavy atom. The van der Waals surface area contributed by atoms with E-state index in [1.807, 2.05) is 19.9 Å². The molecule has 0 aliphatic heterocycles. The van der Waals surface area contributed by atoms with Crippen LogP contribution in [0.25, 0.3) is 32.7 Å². The summed E-state index contributed by atoms with van der Waals surface area (Å²) < 4.78 is 5.13. The molecule has 0 radical (unpaired) electrons. The number of benzene rings is 2. The number of carbonyl (C=O) groups is 2. The van der Waals surface area contributed by atoms with Crippen LogP contribution in [0.2, 0.25) is 0 Å². The topological polar surface area (TPSA) is 95.2 Å². The minimum Gasteiger partial charge on any atom is -0.478 e. The Kier molecular flexibility index (Phi) is 3.50. The van der Waals surface area contributed by atoms with Crippen molar-refractivity contribution >= 4 is 44.6 Å². The molecule has 0 atom stereocenters. The summed E-state index contributed by atoms with van der Waals surface area (Å²) >= 11 is 0. The Hall–Kier alpha value is -3.28. The summed E-state index contributed by atoms with van der Waals surface area (Å²) in [4.78, 5) is 30.0. The summed E-state index contributed by atoms with van der Waals surface area (Å²) in [6, 6.07) is 7.00. The van der Waals surface area contributed by atoms with E-state index in [-0.39, 0.29) is 11.5 Å². The number of fused-ring (bicyclic) bond motifs is 4. The third kappa shape index (κ3) is 2.19. The summed E-state index contributed by atoms with van der Waals surface area (Å²) in [5, 5.41) is 12.0. The van der Waals surface area contributed by atoms with E-state index in [0.717, 1.165) is 43.8 Å². The number of carboxylic acid groups (broad SMARTS) is 1. The van der Waals surface area contributed by atoms with E-state index in [2.05, 4.69) is 9.97 Å². The lowest BCUT2D eigenvalue weighted by Crippen LogP contribution is -2.06. The number of rotatable bonds is 3. The van der Waals surface area contributed by atoms with Crippen LogP contribution in [-0.4, -0.2) is 33.6 Å². The van der Waals surface area contributed by atoms with Gasteiger partial charge in [0.2, 0.25) is 0 Å². The van der Waals surface area contributed by atoms with E-state index in [0.29, 0.717) is 12.3 Å². The number of ether oxygens (including phenoxy) is 1. The Bertz CT molecular complexity index is 1210. The number of aromatic amines is 2. The summed E-state index contributed by atoms with van der Waals surface area (Å²) in [6.07, 6.45) is 0. The number of esters is 1. The van der Waals surface area contributed by atoms with E-state index in [1.54, 1.807) is 25.1 Å². The maximum Gasteiger partial charge on any atom is 0.355 e. The predicted molar refractivity (Wildman–Crippen MR) is 100 cm³/mol. The van der Waals surface area contributed by atoms with Crippen LogP contribution >= 0.6 is 0 Å². The zero-order valence-corrected chi connectivity index (χ0v) is 14.7. The molecule has 0 bridgehead atoms. The maximum atomic E-state index is 12.2. The van der Waals surface area contributed by atoms with Crippen LogP contribution < -0.4 is 0 Å². The number of carboxylic acids is 1. The van der Waals surface area contributed by atoms with Gasteiger partial charge < -0.3 is 19.8 Å². The standard InChI is InChI=1S/C20H18N2O4/c1-4-26-20(25)18-10(3)16-9(2)17-13(8-15(16)22-18)12-7-11(19(23)24)5-6-14(12)21-17/h5-8,21-22H,4H2,1-3H3,(H,23,24). The second kappa shape index (κ2) is 5.62. The molecule has 4 rings (SSSR count). The molecular weight excluding hydrogens is 332 g/mol. The zero-order chi connectivity index (χ0) is 18.6. The first-order valence-corrected chi connectivity index (χ1v) is 8.40. The van der Waals surface area contributed by atoms with Gasteiger partial charge in [0.1, 0.15) is 5.69 Å². The van der Waals surface area contributed by atoms with Crippen molar-refractivity contribution in [2.24, 2.45) is 0 Å². The predicted octanol–water partition coefficient (Wildman–Crippen LogP) is 4.29. The number of H-pyrrole nitrogens is 2. The summed E-state index contributed by atoms with van der Waals surface area (Å²) in [6.45, 7) is 5.98. The monoisotopic (exact) mass is 350 g/mol. The Morgan fingerprint density at radius 2 is 1.81 bits per heavy atom. The molecule has 0 saturated carbocycles. The first-order valence-electron chi connectivity index (χ1n) is 8.40. The summed E-state index contributed by atoms with van der Waals surface area (Å²) in [5.74, 6) is -1.33. The number of hydrogen-bond acceptors (Lipinski definition) is 3. The van der Waals surface area contributed by atoms with Crippen LogP contribution in [0, 0.1) is 13.8 Å². The molecule has 2 aromatic carbocycles. The normalized spacial score (nSPS) is 11.5. The highest BCUT2D eigenvalue weighted by Gasteiger charge is 2.20. The highest BCUT2D eigenvalue weighted by molar-refractivity contribution is 6.15. The molecule has 0 fully saturated rings. The number of nitrogens with one attached hydrogen (secondary N) is 2. The van der Waals surface area contributed by atoms with E-state index in [1.165, 1.54) is 0 Å². The molecule has 6 heteroatoms. The van der Waals surface area contributed by atoms with Gasteiger partial charge in [0.25, 0.3) is 0 Å². The van der Waals surface area contributed by atoms with Crippen LogP contribution in [0.1, 0.15) is 38.9 Å². The smallest absolute Gasteiger partial charge is 0.355 e. The van der Waals surface area contributed by atoms with Crippen LogP contribution in [0.3, 0.4) is 0 Å². The molecule has 0 amide bonds. The third-order valence-corrected chi connectivity index (χ3v) is 4.88. The molecule has 0 aliphatic carbocycles. The van der Waals surface area contributed by atoms with Gasteiger partial charge in [-0.15, -0.1) is 0 Å². The lowest BCUT2D eigenvalue weighted by Gasteiger charge is -2.02. The Labute approximate surface area is 148 Å². The summed E-state index contributed by atoms with van der Waals surface area (Å²) in [7, 11) is 0. The van der Waals surface area contributed by atoms with Crippen molar-refractivity contribution in [1.29, 1.82) is 0 Å². The molecule has 26 heavy (non-hydrogen) atoms. The van der Waals surface area contributed by atoms with Gasteiger partial charge in [-0.2, -0.15) is 0 Å². The number of aryl methyl sites for hydroxylation is 2. The van der Waals surface area contributed by atoms with Crippen molar-refractivity contribution in [3.63, 3.8) is 0 Å². The SMILES string of the molecule is CCOC(=O)c1[nH]c2cc3c([nH]c4ccc(C(=O)O)cc43)c(C)c2c1C. The second-order valence-corrected chi connectivity index (χ2v) is 6.38. The second-order valence-electron chi connectivity index (χ2n) is 6.38. The third-order valence-electron chi connectivity index (χ3n) is 4.88. The number of aromatic carboxylic acids is 1. The van der Waals surface area contributed by atoms with E-state index in [4.69, 9.17) is 4.74 Å². The minimum atomic E-state index is -0.959. The van der Waals surface area contributed by atoms with Crippen LogP contribution in [0.4, 0.5) is 0 Å².